The Kier molecular flexibility index (Phi) is 6.71. The molecule has 0 saturated heterocycles. The fraction of sp³-hybridized carbons (Fsp3) is 0.308. The van der Waals surface area contributed by atoms with E-state index in [0.29, 0.717) is 46.9 Å². The molecule has 1 atom stereocenters. The second-order valence-corrected chi connectivity index (χ2v) is 11.0. The summed E-state index contributed by atoms with van der Waals surface area (Å²) in [6.45, 7) is 3.47. The molecule has 0 bridgehead atoms. The Bertz CT molecular complexity index is 1390. The van der Waals surface area contributed by atoms with Gasteiger partial charge in [-0.25, -0.2) is 13.4 Å². The summed E-state index contributed by atoms with van der Waals surface area (Å²) in [6.07, 6.45) is 2.81. The number of nitrogens with one attached hydrogen (secondary N) is 1. The number of Topliss-reactive ketones (excluding diaryl/α,β-unsaturated/α-hetero) is 1. The molecule has 35 heavy (non-hydrogen) atoms. The van der Waals surface area contributed by atoms with Gasteiger partial charge in [-0.2, -0.15) is 0 Å². The third-order valence-corrected chi connectivity index (χ3v) is 8.16. The first-order chi connectivity index (χ1) is 16.7. The van der Waals surface area contributed by atoms with E-state index in [2.05, 4.69) is 15.3 Å². The number of rotatable bonds is 7. The van der Waals surface area contributed by atoms with E-state index in [-0.39, 0.29) is 28.8 Å². The monoisotopic (exact) mass is 493 g/mol. The van der Waals surface area contributed by atoms with Crippen LogP contribution in [-0.2, 0) is 32.9 Å². The van der Waals surface area contributed by atoms with Gasteiger partial charge in [-0.05, 0) is 55.7 Å². The van der Waals surface area contributed by atoms with E-state index in [4.69, 9.17) is 4.74 Å². The molecule has 1 N–H and O–H groups in total. The molecule has 1 aliphatic carbocycles. The molecular formula is C26H27N3O5S. The molecule has 1 aromatic carbocycles. The summed E-state index contributed by atoms with van der Waals surface area (Å²) in [5.74, 6) is 0.694. The zero-order valence-corrected chi connectivity index (χ0v) is 20.7. The third-order valence-electron chi connectivity index (χ3n) is 6.41. The van der Waals surface area contributed by atoms with Gasteiger partial charge in [0.2, 0.25) is 5.91 Å². The summed E-state index contributed by atoms with van der Waals surface area (Å²) in [5.41, 5.74) is 1.72. The van der Waals surface area contributed by atoms with Gasteiger partial charge in [0.05, 0.1) is 41.0 Å². The van der Waals surface area contributed by atoms with E-state index in [1.807, 2.05) is 6.92 Å². The number of nitrogens with zero attached hydrogens (tertiary/aromatic N) is 2. The van der Waals surface area contributed by atoms with Gasteiger partial charge in [0.25, 0.3) is 0 Å². The number of benzene rings is 1. The highest BCUT2D eigenvalue weighted by Gasteiger charge is 2.41. The molecule has 9 heteroatoms. The van der Waals surface area contributed by atoms with Gasteiger partial charge in [-0.15, -0.1) is 0 Å². The third kappa shape index (κ3) is 4.95. The van der Waals surface area contributed by atoms with Crippen LogP contribution >= 0.6 is 0 Å². The Morgan fingerprint density at radius 1 is 1.14 bits per heavy atom. The number of pyridine rings is 2. The van der Waals surface area contributed by atoms with E-state index in [1.54, 1.807) is 56.6 Å². The average molecular weight is 494 g/mol. The predicted molar refractivity (Wildman–Crippen MR) is 132 cm³/mol. The van der Waals surface area contributed by atoms with Gasteiger partial charge in [0.1, 0.15) is 11.6 Å². The highest BCUT2D eigenvalue weighted by molar-refractivity contribution is 7.91. The smallest absolute Gasteiger partial charge is 0.229 e. The van der Waals surface area contributed by atoms with Crippen LogP contribution in [0.25, 0.3) is 0 Å². The maximum absolute atomic E-state index is 13.4. The number of carbonyl (C=O) groups excluding carboxylic acids is 2. The molecule has 1 unspecified atom stereocenters. The van der Waals surface area contributed by atoms with Crippen LogP contribution in [0.15, 0.2) is 59.6 Å². The SMILES string of the molecule is CCS(=O)(=O)c1ccc(CC(=O)Nc2ccc3c(n2)CCC(C)(c2cc(OC)ccn2)C3=O)cc1. The Labute approximate surface area is 204 Å². The molecule has 0 saturated carbocycles. The molecule has 182 valence electrons. The van der Waals surface area contributed by atoms with Gasteiger partial charge in [-0.3, -0.25) is 14.6 Å². The number of anilines is 1. The first-order valence-electron chi connectivity index (χ1n) is 11.3. The van der Waals surface area contributed by atoms with Crippen molar-refractivity contribution in [2.24, 2.45) is 0 Å². The minimum absolute atomic E-state index is 0.0224. The predicted octanol–water partition coefficient (Wildman–Crippen LogP) is 3.55. The summed E-state index contributed by atoms with van der Waals surface area (Å²) >= 11 is 0. The lowest BCUT2D eigenvalue weighted by Gasteiger charge is -2.32. The maximum Gasteiger partial charge on any atom is 0.229 e. The fourth-order valence-corrected chi connectivity index (χ4v) is 5.07. The zero-order valence-electron chi connectivity index (χ0n) is 19.9. The van der Waals surface area contributed by atoms with Gasteiger partial charge in [-0.1, -0.05) is 19.1 Å². The highest BCUT2D eigenvalue weighted by Crippen LogP contribution is 2.38. The number of ketones is 1. The van der Waals surface area contributed by atoms with Crippen LogP contribution in [-0.4, -0.2) is 42.9 Å². The lowest BCUT2D eigenvalue weighted by atomic mass is 9.71. The summed E-state index contributed by atoms with van der Waals surface area (Å²) < 4.78 is 29.2. The molecular weight excluding hydrogens is 466 g/mol. The summed E-state index contributed by atoms with van der Waals surface area (Å²) in [5, 5.41) is 2.77. The molecule has 0 radical (unpaired) electrons. The first-order valence-corrected chi connectivity index (χ1v) is 13.0. The quantitative estimate of drug-likeness (QED) is 0.535. The minimum Gasteiger partial charge on any atom is -0.497 e. The van der Waals surface area contributed by atoms with Crippen molar-refractivity contribution in [2.75, 3.05) is 18.2 Å². The topological polar surface area (TPSA) is 115 Å². The summed E-state index contributed by atoms with van der Waals surface area (Å²) in [6, 6.07) is 13.1. The Balaban J connectivity index is 1.47. The number of hydrogen-bond acceptors (Lipinski definition) is 7. The van der Waals surface area contributed by atoms with E-state index in [9.17, 15) is 18.0 Å². The highest BCUT2D eigenvalue weighted by atomic mass is 32.2. The van der Waals surface area contributed by atoms with Crippen LogP contribution in [0.4, 0.5) is 5.82 Å². The van der Waals surface area contributed by atoms with Crippen molar-refractivity contribution in [3.8, 4) is 5.75 Å². The average Bonchev–Trinajstić information content (AvgIpc) is 2.86. The number of aromatic nitrogens is 2. The molecule has 0 fully saturated rings. The molecule has 0 aliphatic heterocycles. The van der Waals surface area contributed by atoms with Gasteiger partial charge in [0, 0.05) is 17.8 Å². The normalized spacial score (nSPS) is 17.5. The van der Waals surface area contributed by atoms with Crippen LogP contribution in [0.1, 0.15) is 47.6 Å². The standard InChI is InChI=1S/C26H27N3O5S/c1-4-35(32,33)19-7-5-17(6-8-19)15-24(30)29-23-10-9-20-21(28-23)11-13-26(2,25(20)31)22-16-18(34-3)12-14-27-22/h5-10,12,14,16H,4,11,13,15H2,1-3H3,(H,28,29,30). The lowest BCUT2D eigenvalue weighted by molar-refractivity contribution is -0.115. The van der Waals surface area contributed by atoms with Crippen LogP contribution in [0.5, 0.6) is 5.75 Å². The van der Waals surface area contributed by atoms with Crippen molar-refractivity contribution in [3.63, 3.8) is 0 Å². The number of sulfone groups is 1. The Morgan fingerprint density at radius 3 is 2.57 bits per heavy atom. The van der Waals surface area contributed by atoms with Crippen molar-refractivity contribution >= 4 is 27.3 Å². The summed E-state index contributed by atoms with van der Waals surface area (Å²) in [4.78, 5) is 35.1. The fourth-order valence-electron chi connectivity index (χ4n) is 4.19. The van der Waals surface area contributed by atoms with Crippen LogP contribution in [0.2, 0.25) is 0 Å². The number of amides is 1. The molecule has 0 spiro atoms. The molecule has 4 rings (SSSR count). The van der Waals surface area contributed by atoms with Crippen molar-refractivity contribution < 1.29 is 22.7 Å². The molecule has 1 aliphatic rings. The second kappa shape index (κ2) is 9.58. The minimum atomic E-state index is -3.28. The largest absolute Gasteiger partial charge is 0.497 e. The number of carbonyl (C=O) groups is 2. The van der Waals surface area contributed by atoms with Crippen LogP contribution in [0.3, 0.4) is 0 Å². The summed E-state index contributed by atoms with van der Waals surface area (Å²) in [7, 11) is -1.71. The van der Waals surface area contributed by atoms with Crippen LogP contribution < -0.4 is 10.1 Å². The number of methoxy groups -OCH3 is 1. The van der Waals surface area contributed by atoms with Gasteiger partial charge >= 0.3 is 0 Å². The number of fused-ring (bicyclic) bond motifs is 1. The van der Waals surface area contributed by atoms with Gasteiger partial charge in [0.15, 0.2) is 15.6 Å². The maximum atomic E-state index is 13.4. The first kappa shape index (κ1) is 24.5. The molecule has 3 aromatic rings. The molecule has 2 aromatic heterocycles. The van der Waals surface area contributed by atoms with Crippen molar-refractivity contribution in [2.45, 2.75) is 43.4 Å². The lowest BCUT2D eigenvalue weighted by Crippen LogP contribution is -2.38. The van der Waals surface area contributed by atoms with E-state index >= 15 is 0 Å². The van der Waals surface area contributed by atoms with E-state index in [0.717, 1.165) is 0 Å². The van der Waals surface area contributed by atoms with Crippen molar-refractivity contribution in [3.05, 3.63) is 77.2 Å². The Morgan fingerprint density at radius 2 is 1.89 bits per heavy atom. The molecule has 1 amide bonds. The molecule has 8 nitrogen and oxygen atoms in total. The van der Waals surface area contributed by atoms with E-state index < -0.39 is 15.3 Å². The van der Waals surface area contributed by atoms with Crippen LogP contribution in [0, 0.1) is 0 Å². The van der Waals surface area contributed by atoms with Crippen molar-refractivity contribution in [1.82, 2.24) is 9.97 Å². The second-order valence-electron chi connectivity index (χ2n) is 8.71. The number of hydrogen-bond donors (Lipinski definition) is 1. The number of aryl methyl sites for hydroxylation is 1. The Hall–Kier alpha value is -3.59. The van der Waals surface area contributed by atoms with E-state index in [1.165, 1.54) is 12.1 Å². The van der Waals surface area contributed by atoms with Crippen molar-refractivity contribution in [1.29, 1.82) is 0 Å². The zero-order chi connectivity index (χ0) is 25.2. The van der Waals surface area contributed by atoms with Gasteiger partial charge < -0.3 is 10.1 Å². The number of ether oxygens (including phenoxy) is 1. The molecule has 2 heterocycles.